The van der Waals surface area contributed by atoms with Gasteiger partial charge in [-0.05, 0) is 48.7 Å². The van der Waals surface area contributed by atoms with E-state index in [9.17, 15) is 22.4 Å². The van der Waals surface area contributed by atoms with Gasteiger partial charge in [0.1, 0.15) is 5.82 Å². The number of hydrogen-bond acceptors (Lipinski definition) is 5. The topological polar surface area (TPSA) is 93.3 Å². The Kier molecular flexibility index (Phi) is 7.67. The predicted octanol–water partition coefficient (Wildman–Crippen LogP) is 6.22. The highest BCUT2D eigenvalue weighted by atomic mass is 35.5. The second-order valence-corrected chi connectivity index (χ2v) is 8.99. The Labute approximate surface area is 209 Å². The fraction of sp³-hybridized carbons (Fsp3) is 0.375. The molecular formula is C24H22ClF4N5O2. The molecular weight excluding hydrogens is 502 g/mol. The molecule has 2 aromatic heterocycles. The molecule has 1 N–H and O–H groups in total. The average Bonchev–Trinajstić information content (AvgIpc) is 3.48. The summed E-state index contributed by atoms with van der Waals surface area (Å²) in [6.07, 6.45) is 1.45. The van der Waals surface area contributed by atoms with Crippen molar-refractivity contribution in [2.45, 2.75) is 56.7 Å². The molecule has 1 aliphatic carbocycles. The van der Waals surface area contributed by atoms with Crippen LogP contribution in [0.2, 0.25) is 5.02 Å². The molecule has 2 amide bonds. The minimum atomic E-state index is -4.79. The smallest absolute Gasteiger partial charge is 0.340 e. The van der Waals surface area contributed by atoms with Gasteiger partial charge in [0, 0.05) is 37.0 Å². The maximum Gasteiger partial charge on any atom is 0.416 e. The number of aryl methyl sites for hydroxylation is 1. The second kappa shape index (κ2) is 10.7. The maximum atomic E-state index is 14.4. The van der Waals surface area contributed by atoms with Crippen LogP contribution in [0.3, 0.4) is 0 Å². The fourth-order valence-electron chi connectivity index (χ4n) is 4.27. The molecule has 0 spiro atoms. The van der Waals surface area contributed by atoms with Gasteiger partial charge in [0.15, 0.2) is 5.82 Å². The van der Waals surface area contributed by atoms with Gasteiger partial charge in [-0.1, -0.05) is 29.6 Å². The number of pyridine rings is 1. The van der Waals surface area contributed by atoms with Gasteiger partial charge in [-0.2, -0.15) is 18.2 Å². The number of aromatic nitrogens is 3. The van der Waals surface area contributed by atoms with Gasteiger partial charge in [-0.15, -0.1) is 0 Å². The fourth-order valence-corrected chi connectivity index (χ4v) is 4.38. The zero-order valence-electron chi connectivity index (χ0n) is 19.1. The Morgan fingerprint density at radius 2 is 2.00 bits per heavy atom. The molecule has 1 fully saturated rings. The number of nitrogens with zero attached hydrogens (tertiary/aromatic N) is 4. The monoisotopic (exact) mass is 523 g/mol. The first-order chi connectivity index (χ1) is 17.1. The number of hydrogen-bond donors (Lipinski definition) is 1. The van der Waals surface area contributed by atoms with Gasteiger partial charge in [-0.25, -0.2) is 14.2 Å². The van der Waals surface area contributed by atoms with E-state index in [-0.39, 0.29) is 29.0 Å². The van der Waals surface area contributed by atoms with Crippen molar-refractivity contribution in [3.63, 3.8) is 0 Å². The van der Waals surface area contributed by atoms with E-state index >= 15 is 0 Å². The van der Waals surface area contributed by atoms with Crippen LogP contribution in [0.15, 0.2) is 46.0 Å². The van der Waals surface area contributed by atoms with Crippen molar-refractivity contribution in [2.24, 2.45) is 4.99 Å². The van der Waals surface area contributed by atoms with Gasteiger partial charge >= 0.3 is 12.2 Å². The summed E-state index contributed by atoms with van der Waals surface area (Å²) in [5, 5.41) is 7.01. The van der Waals surface area contributed by atoms with Crippen molar-refractivity contribution >= 4 is 23.8 Å². The largest absolute Gasteiger partial charge is 0.416 e. The van der Waals surface area contributed by atoms with Gasteiger partial charge in [-0.3, -0.25) is 4.98 Å². The van der Waals surface area contributed by atoms with E-state index in [4.69, 9.17) is 16.1 Å². The molecule has 1 aliphatic rings. The van der Waals surface area contributed by atoms with Crippen molar-refractivity contribution in [2.75, 3.05) is 0 Å². The number of benzene rings is 1. The van der Waals surface area contributed by atoms with Gasteiger partial charge in [0.2, 0.25) is 5.89 Å². The Bertz CT molecular complexity index is 1240. The number of halogens is 5. The van der Waals surface area contributed by atoms with Crippen LogP contribution < -0.4 is 5.32 Å². The lowest BCUT2D eigenvalue weighted by Gasteiger charge is -2.23. The number of carbonyl (C=O) groups excluding carboxylic acids is 1. The highest BCUT2D eigenvalue weighted by Crippen LogP contribution is 2.39. The Hall–Kier alpha value is -3.34. The van der Waals surface area contributed by atoms with Crippen LogP contribution in [0.4, 0.5) is 22.4 Å². The number of rotatable bonds is 6. The minimum absolute atomic E-state index is 0.00631. The van der Waals surface area contributed by atoms with Crippen molar-refractivity contribution in [3.8, 4) is 0 Å². The molecule has 0 saturated heterocycles. The molecule has 0 bridgehead atoms. The number of aliphatic imine (C=N–C) groups is 1. The standard InChI is InChI=1S/C24H22ClF4N5O2/c1-13-32-22(34-36-13)19(12-31-23(35)33-18-4-2-3-5-18)21(20-7-6-16(25)11-30-20)14-8-15(24(27,28)29)10-17(26)9-14/h6-12,18-19,21H,2-5H2,1H3,(H,33,35)/b31-12-/t19?,21-/m1/s1. The molecule has 7 nitrogen and oxygen atoms in total. The second-order valence-electron chi connectivity index (χ2n) is 8.56. The average molecular weight is 524 g/mol. The predicted molar refractivity (Wildman–Crippen MR) is 124 cm³/mol. The summed E-state index contributed by atoms with van der Waals surface area (Å²) in [4.78, 5) is 25.0. The molecule has 2 heterocycles. The Morgan fingerprint density at radius 1 is 1.25 bits per heavy atom. The van der Waals surface area contributed by atoms with E-state index in [1.54, 1.807) is 0 Å². The SMILES string of the molecule is Cc1nc(C(/C=N\C(=O)NC2CCCC2)[C@@H](c2cc(F)cc(C(F)(F)F)c2)c2ccc(Cl)cn2)no1. The molecule has 0 radical (unpaired) electrons. The molecule has 190 valence electrons. The van der Waals surface area contributed by atoms with Crippen LogP contribution >= 0.6 is 11.6 Å². The van der Waals surface area contributed by atoms with Gasteiger partial charge in [0.25, 0.3) is 0 Å². The lowest BCUT2D eigenvalue weighted by Crippen LogP contribution is -2.30. The van der Waals surface area contributed by atoms with Crippen LogP contribution in [-0.2, 0) is 6.18 Å². The van der Waals surface area contributed by atoms with Crippen molar-refractivity contribution < 1.29 is 26.9 Å². The molecule has 1 saturated carbocycles. The first-order valence-electron chi connectivity index (χ1n) is 11.2. The molecule has 1 aromatic carbocycles. The van der Waals surface area contributed by atoms with Crippen LogP contribution in [0.5, 0.6) is 0 Å². The van der Waals surface area contributed by atoms with E-state index in [0.717, 1.165) is 37.8 Å². The Morgan fingerprint density at radius 3 is 2.61 bits per heavy atom. The zero-order valence-corrected chi connectivity index (χ0v) is 19.9. The number of urea groups is 1. The highest BCUT2D eigenvalue weighted by Gasteiger charge is 2.35. The molecule has 1 unspecified atom stereocenters. The summed E-state index contributed by atoms with van der Waals surface area (Å²) < 4.78 is 60.1. The van der Waals surface area contributed by atoms with Crippen LogP contribution in [0.25, 0.3) is 0 Å². The minimum Gasteiger partial charge on any atom is -0.340 e. The third-order valence-corrected chi connectivity index (χ3v) is 6.13. The van der Waals surface area contributed by atoms with E-state index in [1.165, 1.54) is 31.5 Å². The van der Waals surface area contributed by atoms with E-state index in [0.29, 0.717) is 11.1 Å². The lowest BCUT2D eigenvalue weighted by atomic mass is 9.82. The van der Waals surface area contributed by atoms with Gasteiger partial charge < -0.3 is 9.84 Å². The third-order valence-electron chi connectivity index (χ3n) is 5.91. The molecule has 2 atom stereocenters. The Balaban J connectivity index is 1.81. The van der Waals surface area contributed by atoms with Gasteiger partial charge in [0.05, 0.1) is 16.5 Å². The zero-order chi connectivity index (χ0) is 25.9. The number of amides is 2. The number of nitrogens with one attached hydrogen (secondary N) is 1. The van der Waals surface area contributed by atoms with E-state index in [1.807, 2.05) is 0 Å². The van der Waals surface area contributed by atoms with Crippen LogP contribution in [-0.4, -0.2) is 33.4 Å². The summed E-state index contributed by atoms with van der Waals surface area (Å²) in [5.74, 6) is -2.92. The van der Waals surface area contributed by atoms with Crippen molar-refractivity contribution in [3.05, 3.63) is 75.9 Å². The van der Waals surface area contributed by atoms with Crippen molar-refractivity contribution in [1.29, 1.82) is 0 Å². The van der Waals surface area contributed by atoms with Crippen LogP contribution in [0.1, 0.15) is 66.1 Å². The molecule has 4 rings (SSSR count). The molecule has 36 heavy (non-hydrogen) atoms. The van der Waals surface area contributed by atoms with Crippen molar-refractivity contribution in [1.82, 2.24) is 20.4 Å². The quantitative estimate of drug-likeness (QED) is 0.306. The van der Waals surface area contributed by atoms with E-state index < -0.39 is 35.4 Å². The molecule has 12 heteroatoms. The molecule has 0 aliphatic heterocycles. The number of alkyl halides is 3. The summed E-state index contributed by atoms with van der Waals surface area (Å²) in [5.41, 5.74) is -0.990. The highest BCUT2D eigenvalue weighted by molar-refractivity contribution is 6.30. The summed E-state index contributed by atoms with van der Waals surface area (Å²) in [7, 11) is 0. The maximum absolute atomic E-state index is 14.4. The normalized spacial score (nSPS) is 16.4. The van der Waals surface area contributed by atoms with E-state index in [2.05, 4.69) is 25.4 Å². The van der Waals surface area contributed by atoms with Crippen LogP contribution in [0, 0.1) is 12.7 Å². The third kappa shape index (κ3) is 6.26. The summed E-state index contributed by atoms with van der Waals surface area (Å²) in [6.45, 7) is 1.54. The molecule has 3 aromatic rings. The lowest BCUT2D eigenvalue weighted by molar-refractivity contribution is -0.137. The summed E-state index contributed by atoms with van der Waals surface area (Å²) in [6, 6.07) is 4.61. The first-order valence-corrected chi connectivity index (χ1v) is 11.6. The number of carbonyl (C=O) groups is 1. The summed E-state index contributed by atoms with van der Waals surface area (Å²) >= 11 is 5.97. The first kappa shape index (κ1) is 25.7.